The Morgan fingerprint density at radius 3 is 2.65 bits per heavy atom. The van der Waals surface area contributed by atoms with Crippen LogP contribution in [0.15, 0.2) is 21.6 Å². The zero-order chi connectivity index (χ0) is 15.3. The van der Waals surface area contributed by atoms with Crippen LogP contribution in [0.2, 0.25) is 0 Å². The summed E-state index contributed by atoms with van der Waals surface area (Å²) >= 11 is 3.25. The minimum Gasteiger partial charge on any atom is -0.369 e. The van der Waals surface area contributed by atoms with E-state index >= 15 is 0 Å². The minimum atomic E-state index is -3.60. The molecule has 0 amide bonds. The monoisotopic (exact) mass is 364 g/mol. The maximum Gasteiger partial charge on any atom is 0.244 e. The Labute approximate surface area is 129 Å². The van der Waals surface area contributed by atoms with Gasteiger partial charge in [0.1, 0.15) is 10.7 Å². The predicted molar refractivity (Wildman–Crippen MR) is 84.4 cm³/mol. The zero-order valence-electron chi connectivity index (χ0n) is 12.1. The number of hydrogen-bond acceptors (Lipinski definition) is 5. The first-order valence-corrected chi connectivity index (χ1v) is 8.61. The van der Waals surface area contributed by atoms with Gasteiger partial charge >= 0.3 is 0 Å². The molecule has 6 nitrogen and oxygen atoms in total. The quantitative estimate of drug-likeness (QED) is 0.766. The molecule has 8 heteroatoms. The fourth-order valence-electron chi connectivity index (χ4n) is 1.42. The van der Waals surface area contributed by atoms with Crippen molar-refractivity contribution in [3.8, 4) is 0 Å². The van der Waals surface area contributed by atoms with Gasteiger partial charge in [-0.15, -0.1) is 0 Å². The van der Waals surface area contributed by atoms with Gasteiger partial charge < -0.3 is 10.2 Å². The van der Waals surface area contributed by atoms with Gasteiger partial charge in [0, 0.05) is 29.8 Å². The third-order valence-corrected chi connectivity index (χ3v) is 4.77. The maximum atomic E-state index is 12.4. The Morgan fingerprint density at radius 2 is 2.10 bits per heavy atom. The highest BCUT2D eigenvalue weighted by Crippen LogP contribution is 2.22. The lowest BCUT2D eigenvalue weighted by Crippen LogP contribution is -2.38. The van der Waals surface area contributed by atoms with Gasteiger partial charge in [-0.25, -0.2) is 18.1 Å². The summed E-state index contributed by atoms with van der Waals surface area (Å²) in [5, 5.41) is 2.96. The lowest BCUT2D eigenvalue weighted by atomic mass is 10.3. The van der Waals surface area contributed by atoms with Gasteiger partial charge in [-0.3, -0.25) is 0 Å². The third kappa shape index (κ3) is 4.69. The van der Waals surface area contributed by atoms with Gasteiger partial charge in [0.2, 0.25) is 10.0 Å². The molecule has 0 saturated carbocycles. The molecular weight excluding hydrogens is 344 g/mol. The van der Waals surface area contributed by atoms with Crippen LogP contribution in [0.3, 0.4) is 0 Å². The van der Waals surface area contributed by atoms with E-state index in [9.17, 15) is 8.42 Å². The van der Waals surface area contributed by atoms with Crippen molar-refractivity contribution in [1.29, 1.82) is 0 Å². The minimum absolute atomic E-state index is 0.104. The maximum absolute atomic E-state index is 12.4. The second-order valence-electron chi connectivity index (χ2n) is 4.70. The number of aromatic nitrogens is 1. The van der Waals surface area contributed by atoms with E-state index in [-0.39, 0.29) is 10.9 Å². The summed E-state index contributed by atoms with van der Waals surface area (Å²) in [5.74, 6) is 0.362. The summed E-state index contributed by atoms with van der Waals surface area (Å²) in [4.78, 5) is 6.21. The van der Waals surface area contributed by atoms with E-state index < -0.39 is 10.0 Å². The Balaban J connectivity index is 2.99. The molecule has 1 unspecified atom stereocenters. The summed E-state index contributed by atoms with van der Waals surface area (Å²) in [6, 6.07) is 1.65. The SMILES string of the molecule is CCNc1ncc(Br)cc1S(=O)(=O)NCC(C)N(C)C. The molecule has 0 fully saturated rings. The number of likely N-dealkylation sites (N-methyl/N-ethyl adjacent to an activating group) is 1. The van der Waals surface area contributed by atoms with E-state index in [1.165, 1.54) is 0 Å². The number of sulfonamides is 1. The molecule has 1 atom stereocenters. The van der Waals surface area contributed by atoms with E-state index in [0.29, 0.717) is 23.4 Å². The largest absolute Gasteiger partial charge is 0.369 e. The molecule has 1 aromatic rings. The highest BCUT2D eigenvalue weighted by atomic mass is 79.9. The van der Waals surface area contributed by atoms with Gasteiger partial charge in [-0.1, -0.05) is 0 Å². The van der Waals surface area contributed by atoms with Crippen molar-refractivity contribution < 1.29 is 8.42 Å². The summed E-state index contributed by atoms with van der Waals surface area (Å²) in [6.45, 7) is 4.78. The molecule has 1 rings (SSSR count). The molecular formula is C12H21BrN4O2S. The van der Waals surface area contributed by atoms with E-state index in [2.05, 4.69) is 31.0 Å². The lowest BCUT2D eigenvalue weighted by Gasteiger charge is -2.20. The molecule has 0 radical (unpaired) electrons. The second-order valence-corrected chi connectivity index (χ2v) is 7.35. The zero-order valence-corrected chi connectivity index (χ0v) is 14.5. The summed E-state index contributed by atoms with van der Waals surface area (Å²) in [5.41, 5.74) is 0. The van der Waals surface area contributed by atoms with Crippen molar-refractivity contribution in [3.63, 3.8) is 0 Å². The van der Waals surface area contributed by atoms with E-state index in [1.54, 1.807) is 12.3 Å². The van der Waals surface area contributed by atoms with Crippen molar-refractivity contribution in [2.45, 2.75) is 24.8 Å². The van der Waals surface area contributed by atoms with Crippen LogP contribution in [0.1, 0.15) is 13.8 Å². The molecule has 0 aromatic carbocycles. The number of nitrogens with one attached hydrogen (secondary N) is 2. The van der Waals surface area contributed by atoms with Crippen molar-refractivity contribution in [1.82, 2.24) is 14.6 Å². The first kappa shape index (κ1) is 17.4. The molecule has 0 aliphatic rings. The molecule has 0 spiro atoms. The van der Waals surface area contributed by atoms with Gasteiger partial charge in [-0.2, -0.15) is 0 Å². The predicted octanol–water partition coefficient (Wildman–Crippen LogP) is 1.50. The highest BCUT2D eigenvalue weighted by molar-refractivity contribution is 9.10. The van der Waals surface area contributed by atoms with Crippen LogP contribution >= 0.6 is 15.9 Å². The number of anilines is 1. The molecule has 2 N–H and O–H groups in total. The number of pyridine rings is 1. The number of rotatable bonds is 7. The molecule has 0 aliphatic heterocycles. The molecule has 114 valence electrons. The average Bonchev–Trinajstić information content (AvgIpc) is 2.38. The van der Waals surface area contributed by atoms with Crippen molar-refractivity contribution >= 4 is 31.8 Å². The Hall–Kier alpha value is -0.700. The molecule has 20 heavy (non-hydrogen) atoms. The molecule has 0 saturated heterocycles. The molecule has 1 heterocycles. The molecule has 0 aliphatic carbocycles. The van der Waals surface area contributed by atoms with Crippen LogP contribution in [-0.4, -0.2) is 51.5 Å². The van der Waals surface area contributed by atoms with Crippen LogP contribution in [0.25, 0.3) is 0 Å². The van der Waals surface area contributed by atoms with Crippen LogP contribution in [-0.2, 0) is 10.0 Å². The highest BCUT2D eigenvalue weighted by Gasteiger charge is 2.21. The number of halogens is 1. The number of hydrogen-bond donors (Lipinski definition) is 2. The van der Waals surface area contributed by atoms with Crippen molar-refractivity contribution in [2.24, 2.45) is 0 Å². The fourth-order valence-corrected chi connectivity index (χ4v) is 3.18. The van der Waals surface area contributed by atoms with Crippen LogP contribution < -0.4 is 10.0 Å². The van der Waals surface area contributed by atoms with Crippen LogP contribution in [0.4, 0.5) is 5.82 Å². The summed E-state index contributed by atoms with van der Waals surface area (Å²) in [7, 11) is 0.217. The van der Waals surface area contributed by atoms with Crippen LogP contribution in [0, 0.1) is 0 Å². The molecule has 1 aromatic heterocycles. The number of nitrogens with zero attached hydrogens (tertiary/aromatic N) is 2. The first-order valence-electron chi connectivity index (χ1n) is 6.33. The van der Waals surface area contributed by atoms with Crippen LogP contribution in [0.5, 0.6) is 0 Å². The third-order valence-electron chi connectivity index (χ3n) is 2.90. The Bertz CT molecular complexity index is 548. The van der Waals surface area contributed by atoms with Crippen molar-refractivity contribution in [2.75, 3.05) is 32.5 Å². The van der Waals surface area contributed by atoms with Gasteiger partial charge in [0.15, 0.2) is 0 Å². The standard InChI is InChI=1S/C12H21BrN4O2S/c1-5-14-12-11(6-10(13)8-15-12)20(18,19)16-7-9(2)17(3)4/h6,8-9,16H,5,7H2,1-4H3,(H,14,15). The molecule has 0 bridgehead atoms. The van der Waals surface area contributed by atoms with Crippen molar-refractivity contribution in [3.05, 3.63) is 16.7 Å². The van der Waals surface area contributed by atoms with E-state index in [1.807, 2.05) is 32.8 Å². The normalized spacial score (nSPS) is 13.5. The van der Waals surface area contributed by atoms with E-state index in [0.717, 1.165) is 0 Å². The topological polar surface area (TPSA) is 74.3 Å². The van der Waals surface area contributed by atoms with Gasteiger partial charge in [0.25, 0.3) is 0 Å². The lowest BCUT2D eigenvalue weighted by molar-refractivity contribution is 0.314. The van der Waals surface area contributed by atoms with E-state index in [4.69, 9.17) is 0 Å². The first-order chi connectivity index (χ1) is 9.27. The van der Waals surface area contributed by atoms with Gasteiger partial charge in [0.05, 0.1) is 0 Å². The average molecular weight is 365 g/mol. The second kappa shape index (κ2) is 7.35. The van der Waals surface area contributed by atoms with Gasteiger partial charge in [-0.05, 0) is 49.9 Å². The Kier molecular flexibility index (Phi) is 6.38. The smallest absolute Gasteiger partial charge is 0.244 e. The summed E-state index contributed by atoms with van der Waals surface area (Å²) in [6.07, 6.45) is 1.57. The fraction of sp³-hybridized carbons (Fsp3) is 0.583. The summed E-state index contributed by atoms with van der Waals surface area (Å²) < 4.78 is 28.0. The Morgan fingerprint density at radius 1 is 1.45 bits per heavy atom.